The number of aryl methyl sites for hydroxylation is 3. The smallest absolute Gasteiger partial charge is 0.265 e. The quantitative estimate of drug-likeness (QED) is 0.807. The van der Waals surface area contributed by atoms with Crippen molar-refractivity contribution in [2.24, 2.45) is 5.92 Å². The molecule has 0 aliphatic rings. The number of nitrogens with zero attached hydrogens (tertiary/aromatic N) is 4. The van der Waals surface area contributed by atoms with Gasteiger partial charge in [-0.05, 0) is 32.3 Å². The first-order chi connectivity index (χ1) is 11.0. The zero-order valence-corrected chi connectivity index (χ0v) is 14.3. The van der Waals surface area contributed by atoms with E-state index >= 15 is 0 Å². The monoisotopic (exact) mass is 319 g/mol. The first-order valence-corrected chi connectivity index (χ1v) is 8.13. The fraction of sp³-hybridized carbons (Fsp3) is 0.625. The molecule has 2 heterocycles. The predicted octanol–water partition coefficient (Wildman–Crippen LogP) is 2.36. The van der Waals surface area contributed by atoms with Crippen molar-refractivity contribution in [1.82, 2.24) is 25.3 Å². The van der Waals surface area contributed by atoms with Crippen molar-refractivity contribution in [3.05, 3.63) is 17.7 Å². The second-order valence-corrected chi connectivity index (χ2v) is 6.02. The molecule has 2 rings (SSSR count). The van der Waals surface area contributed by atoms with Crippen LogP contribution in [0.2, 0.25) is 0 Å². The van der Waals surface area contributed by atoms with Gasteiger partial charge < -0.3 is 9.73 Å². The summed E-state index contributed by atoms with van der Waals surface area (Å²) in [4.78, 5) is 11.8. The third-order valence-corrected chi connectivity index (χ3v) is 3.50. The molecule has 0 atom stereocenters. The van der Waals surface area contributed by atoms with Crippen LogP contribution in [0.4, 0.5) is 0 Å². The maximum absolute atomic E-state index is 11.8. The first-order valence-electron chi connectivity index (χ1n) is 8.13. The van der Waals surface area contributed by atoms with Gasteiger partial charge in [-0.2, -0.15) is 5.10 Å². The van der Waals surface area contributed by atoms with Gasteiger partial charge in [0, 0.05) is 25.9 Å². The summed E-state index contributed by atoms with van der Waals surface area (Å²) >= 11 is 0. The van der Waals surface area contributed by atoms with Crippen LogP contribution in [0.25, 0.3) is 11.6 Å². The summed E-state index contributed by atoms with van der Waals surface area (Å²) in [5.41, 5.74) is 1.72. The second-order valence-electron chi connectivity index (χ2n) is 6.02. The van der Waals surface area contributed by atoms with Crippen molar-refractivity contribution in [3.63, 3.8) is 0 Å². The molecule has 1 N–H and O–H groups in total. The lowest BCUT2D eigenvalue weighted by Gasteiger charge is -2.06. The van der Waals surface area contributed by atoms with Crippen LogP contribution in [0.15, 0.2) is 10.5 Å². The standard InChI is InChI=1S/C16H25N5O2/c1-5-21-13(10-12(4)20-21)16-19-18-15(23-16)7-6-14(22)17-9-8-11(2)3/h10-11H,5-9H2,1-4H3,(H,17,22). The van der Waals surface area contributed by atoms with Gasteiger partial charge in [-0.25, -0.2) is 0 Å². The molecule has 0 radical (unpaired) electrons. The molecule has 1 amide bonds. The molecule has 7 heteroatoms. The third kappa shape index (κ3) is 4.91. The molecule has 23 heavy (non-hydrogen) atoms. The van der Waals surface area contributed by atoms with Crippen LogP contribution in [-0.4, -0.2) is 32.4 Å². The normalized spacial score (nSPS) is 11.2. The van der Waals surface area contributed by atoms with Crippen molar-refractivity contribution in [2.45, 2.75) is 53.5 Å². The predicted molar refractivity (Wildman–Crippen MR) is 86.7 cm³/mol. The largest absolute Gasteiger partial charge is 0.419 e. The number of hydrogen-bond donors (Lipinski definition) is 1. The number of amides is 1. The van der Waals surface area contributed by atoms with Crippen molar-refractivity contribution in [1.29, 1.82) is 0 Å². The van der Waals surface area contributed by atoms with E-state index in [2.05, 4.69) is 34.5 Å². The van der Waals surface area contributed by atoms with Crippen LogP contribution >= 0.6 is 0 Å². The third-order valence-electron chi connectivity index (χ3n) is 3.50. The van der Waals surface area contributed by atoms with Gasteiger partial charge in [-0.1, -0.05) is 13.8 Å². The summed E-state index contributed by atoms with van der Waals surface area (Å²) in [6.07, 6.45) is 1.78. The highest BCUT2D eigenvalue weighted by Gasteiger charge is 2.15. The van der Waals surface area contributed by atoms with Crippen molar-refractivity contribution in [3.8, 4) is 11.6 Å². The highest BCUT2D eigenvalue weighted by atomic mass is 16.4. The van der Waals surface area contributed by atoms with E-state index < -0.39 is 0 Å². The van der Waals surface area contributed by atoms with Crippen LogP contribution < -0.4 is 5.32 Å². The fourth-order valence-corrected chi connectivity index (χ4v) is 2.23. The Morgan fingerprint density at radius 3 is 2.87 bits per heavy atom. The molecule has 0 aliphatic carbocycles. The Morgan fingerprint density at radius 2 is 2.17 bits per heavy atom. The molecule has 0 fully saturated rings. The Hall–Kier alpha value is -2.18. The summed E-state index contributed by atoms with van der Waals surface area (Å²) in [7, 11) is 0. The molecule has 0 aromatic carbocycles. The van der Waals surface area contributed by atoms with E-state index in [1.807, 2.05) is 24.6 Å². The van der Waals surface area contributed by atoms with Crippen LogP contribution in [0.5, 0.6) is 0 Å². The Morgan fingerprint density at radius 1 is 1.39 bits per heavy atom. The highest BCUT2D eigenvalue weighted by Crippen LogP contribution is 2.19. The maximum Gasteiger partial charge on any atom is 0.265 e. The Labute approximate surface area is 136 Å². The minimum absolute atomic E-state index is 0.0137. The lowest BCUT2D eigenvalue weighted by atomic mass is 10.1. The number of aromatic nitrogens is 4. The molecule has 0 unspecified atom stereocenters. The van der Waals surface area contributed by atoms with Gasteiger partial charge in [-0.15, -0.1) is 10.2 Å². The molecular formula is C16H25N5O2. The zero-order valence-electron chi connectivity index (χ0n) is 14.3. The summed E-state index contributed by atoms with van der Waals surface area (Å²) in [6.45, 7) is 9.65. The number of carbonyl (C=O) groups is 1. The summed E-state index contributed by atoms with van der Waals surface area (Å²) < 4.78 is 7.48. The molecule has 7 nitrogen and oxygen atoms in total. The topological polar surface area (TPSA) is 85.8 Å². The Balaban J connectivity index is 1.88. The molecule has 0 spiro atoms. The van der Waals surface area contributed by atoms with Gasteiger partial charge in [-0.3, -0.25) is 9.48 Å². The number of nitrogens with one attached hydrogen (secondary N) is 1. The van der Waals surface area contributed by atoms with Crippen molar-refractivity contribution in [2.75, 3.05) is 6.54 Å². The van der Waals surface area contributed by atoms with Crippen molar-refractivity contribution >= 4 is 5.91 Å². The lowest BCUT2D eigenvalue weighted by molar-refractivity contribution is -0.121. The van der Waals surface area contributed by atoms with Crippen LogP contribution in [0, 0.1) is 12.8 Å². The van der Waals surface area contributed by atoms with E-state index in [-0.39, 0.29) is 5.91 Å². The van der Waals surface area contributed by atoms with E-state index in [9.17, 15) is 4.79 Å². The molecule has 0 bridgehead atoms. The molecule has 126 valence electrons. The molecule has 2 aromatic heterocycles. The second kappa shape index (κ2) is 7.89. The Bertz CT molecular complexity index is 645. The van der Waals surface area contributed by atoms with Crippen molar-refractivity contribution < 1.29 is 9.21 Å². The number of rotatable bonds is 8. The van der Waals surface area contributed by atoms with Crippen LogP contribution in [0.3, 0.4) is 0 Å². The van der Waals surface area contributed by atoms with Gasteiger partial charge in [0.25, 0.3) is 5.89 Å². The van der Waals surface area contributed by atoms with E-state index in [1.165, 1.54) is 0 Å². The van der Waals surface area contributed by atoms with Gasteiger partial charge in [0.15, 0.2) is 0 Å². The first kappa shape index (κ1) is 17.2. The molecule has 0 saturated carbocycles. The number of carbonyl (C=O) groups excluding carboxylic acids is 1. The van der Waals surface area contributed by atoms with E-state index in [0.717, 1.165) is 24.4 Å². The van der Waals surface area contributed by atoms with Gasteiger partial charge in [0.05, 0.1) is 5.69 Å². The number of hydrogen-bond acceptors (Lipinski definition) is 5. The van der Waals surface area contributed by atoms with E-state index in [4.69, 9.17) is 4.42 Å². The van der Waals surface area contributed by atoms with E-state index in [1.54, 1.807) is 0 Å². The highest BCUT2D eigenvalue weighted by molar-refractivity contribution is 5.75. The summed E-state index contributed by atoms with van der Waals surface area (Å²) in [5, 5.41) is 15.3. The van der Waals surface area contributed by atoms with Gasteiger partial charge in [0.1, 0.15) is 5.69 Å². The summed E-state index contributed by atoms with van der Waals surface area (Å²) in [6, 6.07) is 1.92. The molecular weight excluding hydrogens is 294 g/mol. The minimum atomic E-state index is 0.0137. The fourth-order valence-electron chi connectivity index (χ4n) is 2.23. The summed E-state index contributed by atoms with van der Waals surface area (Å²) in [5.74, 6) is 1.52. The minimum Gasteiger partial charge on any atom is -0.419 e. The Kier molecular flexibility index (Phi) is 5.90. The van der Waals surface area contributed by atoms with Gasteiger partial charge >= 0.3 is 0 Å². The molecule has 0 saturated heterocycles. The van der Waals surface area contributed by atoms with Crippen LogP contribution in [0.1, 0.15) is 45.2 Å². The SMILES string of the molecule is CCn1nc(C)cc1-c1nnc(CCC(=O)NCCC(C)C)o1. The lowest BCUT2D eigenvalue weighted by Crippen LogP contribution is -2.25. The van der Waals surface area contributed by atoms with Gasteiger partial charge in [0.2, 0.25) is 11.8 Å². The van der Waals surface area contributed by atoms with Crippen LogP contribution in [-0.2, 0) is 17.8 Å². The zero-order chi connectivity index (χ0) is 16.8. The average molecular weight is 319 g/mol. The van der Waals surface area contributed by atoms with E-state index in [0.29, 0.717) is 37.1 Å². The average Bonchev–Trinajstić information content (AvgIpc) is 3.10. The molecule has 2 aromatic rings. The maximum atomic E-state index is 11.8. The molecule has 0 aliphatic heterocycles.